The molecule has 0 aliphatic heterocycles. The third-order valence-electron chi connectivity index (χ3n) is 7.34. The number of ether oxygens (including phenoxy) is 1. The number of anilines is 1. The minimum Gasteiger partial charge on any atom is -0.465 e. The highest BCUT2D eigenvalue weighted by atomic mass is 35.5. The molecule has 2 aliphatic rings. The van der Waals surface area contributed by atoms with Gasteiger partial charge >= 0.3 is 5.97 Å². The molecule has 2 aliphatic carbocycles. The molecule has 30 heavy (non-hydrogen) atoms. The van der Waals surface area contributed by atoms with Crippen LogP contribution in [0.5, 0.6) is 0 Å². The first kappa shape index (κ1) is 23.4. The van der Waals surface area contributed by atoms with Crippen LogP contribution in [0.4, 0.5) is 5.69 Å². The second-order valence-electron chi connectivity index (χ2n) is 9.57. The molecule has 168 valence electrons. The minimum absolute atomic E-state index is 0.111. The van der Waals surface area contributed by atoms with Crippen LogP contribution in [0.3, 0.4) is 0 Å². The van der Waals surface area contributed by atoms with Crippen molar-refractivity contribution in [2.45, 2.75) is 95.8 Å². The molecule has 2 saturated carbocycles. The van der Waals surface area contributed by atoms with Crippen LogP contribution in [0, 0.1) is 12.8 Å². The van der Waals surface area contributed by atoms with Crippen LogP contribution in [-0.2, 0) is 11.2 Å². The van der Waals surface area contributed by atoms with Gasteiger partial charge in [-0.05, 0) is 73.1 Å². The Morgan fingerprint density at radius 3 is 2.23 bits per heavy atom. The molecule has 4 heteroatoms. The van der Waals surface area contributed by atoms with Gasteiger partial charge in [-0.15, -0.1) is 11.6 Å². The molecule has 0 radical (unpaired) electrons. The first-order valence-electron chi connectivity index (χ1n) is 12.0. The van der Waals surface area contributed by atoms with Crippen LogP contribution < -0.4 is 4.90 Å². The number of alkyl halides is 1. The number of benzene rings is 1. The molecule has 0 heterocycles. The largest absolute Gasteiger partial charge is 0.465 e. The lowest BCUT2D eigenvalue weighted by molar-refractivity contribution is 0.0598. The van der Waals surface area contributed by atoms with Crippen molar-refractivity contribution >= 4 is 23.3 Å². The van der Waals surface area contributed by atoms with E-state index >= 15 is 0 Å². The SMILES string of the molecule is CCCc1c(C2CCCC2)c(C(Cl)C2CCCCC2)c(C(=O)OC)c(C)c1N(C)C. The highest BCUT2D eigenvalue weighted by Crippen LogP contribution is 2.50. The monoisotopic (exact) mass is 433 g/mol. The zero-order valence-electron chi connectivity index (χ0n) is 19.7. The summed E-state index contributed by atoms with van der Waals surface area (Å²) in [5.74, 6) is 0.728. The average Bonchev–Trinajstić information content (AvgIpc) is 3.27. The second kappa shape index (κ2) is 10.4. The van der Waals surface area contributed by atoms with Crippen LogP contribution >= 0.6 is 11.6 Å². The van der Waals surface area contributed by atoms with Crippen molar-refractivity contribution in [3.8, 4) is 0 Å². The molecular formula is C26H40ClNO2. The lowest BCUT2D eigenvalue weighted by Gasteiger charge is -2.35. The van der Waals surface area contributed by atoms with Gasteiger partial charge < -0.3 is 9.64 Å². The zero-order chi connectivity index (χ0) is 21.8. The highest BCUT2D eigenvalue weighted by Gasteiger charge is 2.36. The lowest BCUT2D eigenvalue weighted by Crippen LogP contribution is -2.24. The molecule has 0 saturated heterocycles. The van der Waals surface area contributed by atoms with Gasteiger partial charge in [-0.2, -0.15) is 0 Å². The first-order chi connectivity index (χ1) is 14.4. The zero-order valence-corrected chi connectivity index (χ0v) is 20.4. The molecule has 1 unspecified atom stereocenters. The van der Waals surface area contributed by atoms with Gasteiger partial charge in [0.1, 0.15) is 0 Å². The van der Waals surface area contributed by atoms with Gasteiger partial charge in [0.05, 0.1) is 18.1 Å². The summed E-state index contributed by atoms with van der Waals surface area (Å²) in [7, 11) is 5.69. The van der Waals surface area contributed by atoms with E-state index in [0.29, 0.717) is 11.8 Å². The Bertz CT molecular complexity index is 746. The van der Waals surface area contributed by atoms with E-state index in [-0.39, 0.29) is 11.3 Å². The number of halogens is 1. The Kier molecular flexibility index (Phi) is 8.12. The van der Waals surface area contributed by atoms with E-state index in [4.69, 9.17) is 16.3 Å². The number of hydrogen-bond acceptors (Lipinski definition) is 3. The Hall–Kier alpha value is -1.22. The van der Waals surface area contributed by atoms with Crippen LogP contribution in [0.1, 0.15) is 115 Å². The predicted molar refractivity (Wildman–Crippen MR) is 127 cm³/mol. The van der Waals surface area contributed by atoms with E-state index in [2.05, 4.69) is 32.8 Å². The number of esters is 1. The highest BCUT2D eigenvalue weighted by molar-refractivity contribution is 6.22. The van der Waals surface area contributed by atoms with Gasteiger partial charge in [0.2, 0.25) is 0 Å². The molecule has 0 aromatic heterocycles. The number of hydrogen-bond donors (Lipinski definition) is 0. The molecule has 1 aromatic carbocycles. The number of carbonyl (C=O) groups is 1. The van der Waals surface area contributed by atoms with Gasteiger partial charge in [0.25, 0.3) is 0 Å². The maximum absolute atomic E-state index is 13.2. The number of nitrogens with zero attached hydrogens (tertiary/aromatic N) is 1. The number of carbonyl (C=O) groups excluding carboxylic acids is 1. The summed E-state index contributed by atoms with van der Waals surface area (Å²) in [5.41, 5.74) is 6.93. The lowest BCUT2D eigenvalue weighted by atomic mass is 9.75. The summed E-state index contributed by atoms with van der Waals surface area (Å²) in [6.07, 6.45) is 13.2. The summed E-state index contributed by atoms with van der Waals surface area (Å²) in [4.78, 5) is 15.3. The summed E-state index contributed by atoms with van der Waals surface area (Å²) >= 11 is 7.33. The van der Waals surface area contributed by atoms with Gasteiger partial charge in [0.15, 0.2) is 0 Å². The van der Waals surface area contributed by atoms with E-state index in [1.165, 1.54) is 68.9 Å². The predicted octanol–water partition coefficient (Wildman–Crippen LogP) is 7.32. The second-order valence-corrected chi connectivity index (χ2v) is 10.0. The Balaban J connectivity index is 2.32. The summed E-state index contributed by atoms with van der Waals surface area (Å²) < 4.78 is 5.33. The van der Waals surface area contributed by atoms with Crippen LogP contribution in [0.15, 0.2) is 0 Å². The Labute approximate surface area is 188 Å². The van der Waals surface area contributed by atoms with Crippen molar-refractivity contribution in [1.82, 2.24) is 0 Å². The van der Waals surface area contributed by atoms with Crippen molar-refractivity contribution in [1.29, 1.82) is 0 Å². The van der Waals surface area contributed by atoms with Gasteiger partial charge in [-0.25, -0.2) is 4.79 Å². The normalized spacial score (nSPS) is 19.1. The van der Waals surface area contributed by atoms with E-state index in [1.807, 2.05) is 0 Å². The third kappa shape index (κ3) is 4.52. The molecule has 1 aromatic rings. The van der Waals surface area contributed by atoms with E-state index in [0.717, 1.165) is 42.4 Å². The molecule has 2 fully saturated rings. The standard InChI is InChI=1S/C26H40ClNO2/c1-6-12-20-22(18-13-10-11-14-18)23(24(27)19-15-8-7-9-16-19)21(26(29)30-5)17(2)25(20)28(3)4/h18-19,24H,6-16H2,1-5H3. The molecule has 3 nitrogen and oxygen atoms in total. The average molecular weight is 434 g/mol. The summed E-state index contributed by atoms with van der Waals surface area (Å²) in [6, 6.07) is 0. The van der Waals surface area contributed by atoms with Crippen molar-refractivity contribution in [2.24, 2.45) is 5.92 Å². The summed E-state index contributed by atoms with van der Waals surface area (Å²) in [6.45, 7) is 4.34. The van der Waals surface area contributed by atoms with Crippen molar-refractivity contribution in [2.75, 3.05) is 26.1 Å². The molecule has 0 spiro atoms. The van der Waals surface area contributed by atoms with E-state index in [1.54, 1.807) is 0 Å². The minimum atomic E-state index is -0.227. The van der Waals surface area contributed by atoms with Crippen LogP contribution in [-0.4, -0.2) is 27.2 Å². The molecule has 0 bridgehead atoms. The maximum atomic E-state index is 13.2. The Morgan fingerprint density at radius 2 is 1.70 bits per heavy atom. The van der Waals surface area contributed by atoms with Gasteiger partial charge in [-0.3, -0.25) is 0 Å². The fourth-order valence-electron chi connectivity index (χ4n) is 6.07. The van der Waals surface area contributed by atoms with Gasteiger partial charge in [0, 0.05) is 19.8 Å². The van der Waals surface area contributed by atoms with Gasteiger partial charge in [-0.1, -0.05) is 45.4 Å². The summed E-state index contributed by atoms with van der Waals surface area (Å²) in [5, 5.41) is -0.111. The maximum Gasteiger partial charge on any atom is 0.338 e. The molecule has 3 rings (SSSR count). The topological polar surface area (TPSA) is 29.5 Å². The van der Waals surface area contributed by atoms with E-state index < -0.39 is 0 Å². The first-order valence-corrected chi connectivity index (χ1v) is 12.4. The number of methoxy groups -OCH3 is 1. The molecule has 0 N–H and O–H groups in total. The quantitative estimate of drug-likeness (QED) is 0.333. The van der Waals surface area contributed by atoms with E-state index in [9.17, 15) is 4.79 Å². The van der Waals surface area contributed by atoms with Crippen LogP contribution in [0.2, 0.25) is 0 Å². The van der Waals surface area contributed by atoms with Crippen molar-refractivity contribution in [3.05, 3.63) is 27.8 Å². The van der Waals surface area contributed by atoms with Crippen molar-refractivity contribution in [3.63, 3.8) is 0 Å². The fourth-order valence-corrected chi connectivity index (χ4v) is 6.55. The molecular weight excluding hydrogens is 394 g/mol. The molecule has 1 atom stereocenters. The smallest absolute Gasteiger partial charge is 0.338 e. The van der Waals surface area contributed by atoms with Crippen LogP contribution in [0.25, 0.3) is 0 Å². The Morgan fingerprint density at radius 1 is 1.10 bits per heavy atom. The third-order valence-corrected chi connectivity index (χ3v) is 7.91. The number of rotatable bonds is 7. The molecule has 0 amide bonds. The fraction of sp³-hybridized carbons (Fsp3) is 0.731. The van der Waals surface area contributed by atoms with Crippen molar-refractivity contribution < 1.29 is 9.53 Å².